The Kier molecular flexibility index (Phi) is 7.69. The van der Waals surface area contributed by atoms with Gasteiger partial charge in [0.05, 0.1) is 37.4 Å². The number of amidine groups is 1. The summed E-state index contributed by atoms with van der Waals surface area (Å²) in [5.41, 5.74) is 2.93. The largest absolute Gasteiger partial charge is 0.492 e. The molecule has 34 heavy (non-hydrogen) atoms. The first-order valence-corrected chi connectivity index (χ1v) is 12.0. The zero-order valence-electron chi connectivity index (χ0n) is 19.2. The highest BCUT2D eigenvalue weighted by Gasteiger charge is 2.41. The Hall–Kier alpha value is -3.52. The van der Waals surface area contributed by atoms with Gasteiger partial charge >= 0.3 is 5.97 Å². The van der Waals surface area contributed by atoms with E-state index in [1.807, 2.05) is 77.9 Å². The number of esters is 1. The van der Waals surface area contributed by atoms with Crippen LogP contribution in [0.4, 0.5) is 0 Å². The van der Waals surface area contributed by atoms with E-state index in [9.17, 15) is 9.59 Å². The van der Waals surface area contributed by atoms with Crippen molar-refractivity contribution in [2.75, 3.05) is 20.3 Å². The Bertz CT molecular complexity index is 1130. The third-order valence-electron chi connectivity index (χ3n) is 5.52. The molecule has 2 heterocycles. The number of aliphatic imine (C=N–C) groups is 1. The van der Waals surface area contributed by atoms with Crippen molar-refractivity contribution in [3.8, 4) is 5.75 Å². The molecule has 0 radical (unpaired) electrons. The van der Waals surface area contributed by atoms with E-state index >= 15 is 0 Å². The standard InChI is InChI=1S/C26H27N3O4S/c1-3-21-23(25(31)32-2)24(18-10-6-4-7-11-18)29-19(17-34-26(29)28-21)16-22(30)27-14-15-33-20-12-8-5-9-13-20/h4-13,17,24H,3,14-16H2,1-2H3,(H,27,30)/t24-/m1/s1. The normalized spacial score (nSPS) is 17.0. The number of allylic oxidation sites excluding steroid dienone is 1. The highest BCUT2D eigenvalue weighted by Crippen LogP contribution is 2.45. The summed E-state index contributed by atoms with van der Waals surface area (Å²) in [6, 6.07) is 18.8. The fourth-order valence-corrected chi connectivity index (χ4v) is 4.90. The van der Waals surface area contributed by atoms with Crippen molar-refractivity contribution in [2.24, 2.45) is 4.99 Å². The number of carbonyl (C=O) groups is 2. The van der Waals surface area contributed by atoms with Crippen LogP contribution in [-0.4, -0.2) is 42.2 Å². The van der Waals surface area contributed by atoms with Gasteiger partial charge in [-0.2, -0.15) is 0 Å². The van der Waals surface area contributed by atoms with Crippen LogP contribution in [0.5, 0.6) is 5.75 Å². The summed E-state index contributed by atoms with van der Waals surface area (Å²) in [6.45, 7) is 2.74. The number of benzene rings is 2. The number of hydrogen-bond donors (Lipinski definition) is 1. The van der Waals surface area contributed by atoms with Crippen molar-refractivity contribution >= 4 is 28.8 Å². The number of nitrogens with zero attached hydrogens (tertiary/aromatic N) is 2. The number of nitrogens with one attached hydrogen (secondary N) is 1. The van der Waals surface area contributed by atoms with Gasteiger partial charge in [-0.15, -0.1) is 0 Å². The number of amides is 1. The molecule has 0 bridgehead atoms. The lowest BCUT2D eigenvalue weighted by atomic mass is 9.93. The van der Waals surface area contributed by atoms with Gasteiger partial charge in [-0.3, -0.25) is 4.79 Å². The van der Waals surface area contributed by atoms with Crippen molar-refractivity contribution < 1.29 is 19.1 Å². The Morgan fingerprint density at radius 2 is 1.79 bits per heavy atom. The van der Waals surface area contributed by atoms with Gasteiger partial charge in [0.1, 0.15) is 12.4 Å². The number of ether oxygens (including phenoxy) is 2. The maximum atomic E-state index is 12.8. The van der Waals surface area contributed by atoms with Crippen molar-refractivity contribution in [1.29, 1.82) is 0 Å². The maximum Gasteiger partial charge on any atom is 0.338 e. The third kappa shape index (κ3) is 5.17. The average Bonchev–Trinajstić information content (AvgIpc) is 3.28. The van der Waals surface area contributed by atoms with Crippen LogP contribution >= 0.6 is 11.8 Å². The number of fused-ring (bicyclic) bond motifs is 1. The second-order valence-electron chi connectivity index (χ2n) is 7.70. The summed E-state index contributed by atoms with van der Waals surface area (Å²) >= 11 is 1.46. The second-order valence-corrected chi connectivity index (χ2v) is 8.53. The predicted octanol–water partition coefficient (Wildman–Crippen LogP) is 4.41. The topological polar surface area (TPSA) is 80.2 Å². The minimum Gasteiger partial charge on any atom is -0.492 e. The van der Waals surface area contributed by atoms with Gasteiger partial charge in [0.25, 0.3) is 0 Å². The van der Waals surface area contributed by atoms with Gasteiger partial charge in [0.15, 0.2) is 5.17 Å². The van der Waals surface area contributed by atoms with Crippen molar-refractivity contribution in [3.05, 3.63) is 88.6 Å². The molecule has 0 saturated carbocycles. The molecule has 7 nitrogen and oxygen atoms in total. The first-order chi connectivity index (χ1) is 16.6. The van der Waals surface area contributed by atoms with Crippen molar-refractivity contribution in [1.82, 2.24) is 10.2 Å². The van der Waals surface area contributed by atoms with Crippen LogP contribution in [0.1, 0.15) is 31.4 Å². The number of thioether (sulfide) groups is 1. The summed E-state index contributed by atoms with van der Waals surface area (Å²) in [4.78, 5) is 32.3. The molecule has 1 N–H and O–H groups in total. The van der Waals surface area contributed by atoms with Crippen LogP contribution in [-0.2, 0) is 14.3 Å². The summed E-state index contributed by atoms with van der Waals surface area (Å²) < 4.78 is 10.8. The summed E-state index contributed by atoms with van der Waals surface area (Å²) in [5.74, 6) is 0.231. The smallest absolute Gasteiger partial charge is 0.338 e. The molecule has 2 aromatic carbocycles. The highest BCUT2D eigenvalue weighted by molar-refractivity contribution is 8.16. The maximum absolute atomic E-state index is 12.8. The van der Waals surface area contributed by atoms with Gasteiger partial charge in [-0.1, -0.05) is 67.2 Å². The average molecular weight is 478 g/mol. The lowest BCUT2D eigenvalue weighted by Gasteiger charge is -2.36. The van der Waals surface area contributed by atoms with Gasteiger partial charge < -0.3 is 19.7 Å². The van der Waals surface area contributed by atoms with Crippen LogP contribution in [0.2, 0.25) is 0 Å². The molecule has 8 heteroatoms. The molecule has 0 saturated heterocycles. The molecular weight excluding hydrogens is 450 g/mol. The Morgan fingerprint density at radius 3 is 2.47 bits per heavy atom. The fourth-order valence-electron chi connectivity index (χ4n) is 3.97. The molecule has 0 fully saturated rings. The zero-order valence-corrected chi connectivity index (χ0v) is 20.0. The van der Waals surface area contributed by atoms with E-state index in [0.29, 0.717) is 30.8 Å². The van der Waals surface area contributed by atoms with E-state index in [1.165, 1.54) is 18.9 Å². The zero-order chi connectivity index (χ0) is 23.9. The number of carbonyl (C=O) groups excluding carboxylic acids is 2. The number of hydrogen-bond acceptors (Lipinski definition) is 7. The van der Waals surface area contributed by atoms with E-state index in [0.717, 1.165) is 22.2 Å². The van der Waals surface area contributed by atoms with Crippen LogP contribution in [0.3, 0.4) is 0 Å². The lowest BCUT2D eigenvalue weighted by Crippen LogP contribution is -2.38. The third-order valence-corrected chi connectivity index (χ3v) is 6.41. The summed E-state index contributed by atoms with van der Waals surface area (Å²) in [7, 11) is 1.38. The van der Waals surface area contributed by atoms with E-state index in [1.54, 1.807) is 0 Å². The molecule has 2 aliphatic rings. The Morgan fingerprint density at radius 1 is 1.09 bits per heavy atom. The summed E-state index contributed by atoms with van der Waals surface area (Å²) in [5, 5.41) is 5.60. The predicted molar refractivity (Wildman–Crippen MR) is 133 cm³/mol. The molecule has 176 valence electrons. The van der Waals surface area contributed by atoms with Gasteiger partial charge in [0, 0.05) is 5.70 Å². The molecule has 1 atom stereocenters. The lowest BCUT2D eigenvalue weighted by molar-refractivity contribution is -0.136. The molecule has 0 aromatic heterocycles. The first-order valence-electron chi connectivity index (χ1n) is 11.2. The van der Waals surface area contributed by atoms with Crippen LogP contribution in [0, 0.1) is 0 Å². The Labute approximate surface area is 203 Å². The van der Waals surface area contributed by atoms with Crippen molar-refractivity contribution in [3.63, 3.8) is 0 Å². The van der Waals surface area contributed by atoms with E-state index in [4.69, 9.17) is 14.5 Å². The minimum atomic E-state index is -0.411. The number of methoxy groups -OCH3 is 1. The van der Waals surface area contributed by atoms with E-state index in [-0.39, 0.29) is 12.3 Å². The number of para-hydroxylation sites is 1. The molecular formula is C26H27N3O4S. The van der Waals surface area contributed by atoms with Crippen LogP contribution < -0.4 is 10.1 Å². The highest BCUT2D eigenvalue weighted by atomic mass is 32.2. The van der Waals surface area contributed by atoms with Gasteiger partial charge in [0.2, 0.25) is 5.91 Å². The molecule has 2 aromatic rings. The van der Waals surface area contributed by atoms with Crippen LogP contribution in [0.25, 0.3) is 0 Å². The van der Waals surface area contributed by atoms with E-state index < -0.39 is 12.0 Å². The summed E-state index contributed by atoms with van der Waals surface area (Å²) in [6.07, 6.45) is 0.763. The minimum absolute atomic E-state index is 0.124. The Balaban J connectivity index is 1.49. The van der Waals surface area contributed by atoms with Crippen molar-refractivity contribution in [2.45, 2.75) is 25.8 Å². The number of rotatable bonds is 9. The molecule has 2 aliphatic heterocycles. The van der Waals surface area contributed by atoms with E-state index in [2.05, 4.69) is 5.32 Å². The van der Waals surface area contributed by atoms with Gasteiger partial charge in [-0.05, 0) is 29.5 Å². The second kappa shape index (κ2) is 11.1. The molecule has 0 unspecified atom stereocenters. The quantitative estimate of drug-likeness (QED) is 0.426. The SMILES string of the molecule is CCC1=C(C(=O)OC)[C@@H](c2ccccc2)N2C(CC(=O)NCCOc3ccccc3)=CSC2=N1. The molecule has 0 aliphatic carbocycles. The van der Waals surface area contributed by atoms with Gasteiger partial charge in [-0.25, -0.2) is 9.79 Å². The van der Waals surface area contributed by atoms with Crippen LogP contribution in [0.15, 0.2) is 88.0 Å². The molecule has 0 spiro atoms. The molecule has 1 amide bonds. The molecule has 4 rings (SSSR count). The first kappa shape index (κ1) is 23.6. The monoisotopic (exact) mass is 477 g/mol. The fraction of sp³-hybridized carbons (Fsp3) is 0.269.